The van der Waals surface area contributed by atoms with Crippen LogP contribution in [0.5, 0.6) is 0 Å². The predicted molar refractivity (Wildman–Crippen MR) is 233 cm³/mol. The van der Waals surface area contributed by atoms with Gasteiger partial charge in [-0.2, -0.15) is 0 Å². The third kappa shape index (κ3) is 4.53. The molecule has 4 nitrogen and oxygen atoms in total. The molecule has 0 spiro atoms. The molecule has 0 radical (unpaired) electrons. The van der Waals surface area contributed by atoms with E-state index in [1.807, 2.05) is 12.1 Å². The second-order valence-corrected chi connectivity index (χ2v) is 14.7. The number of rotatable bonds is 6. The third-order valence-corrected chi connectivity index (χ3v) is 11.7. The Morgan fingerprint density at radius 1 is 0.464 bits per heavy atom. The minimum Gasteiger partial charge on any atom is -0.454 e. The summed E-state index contributed by atoms with van der Waals surface area (Å²) in [7, 11) is 0. The highest BCUT2D eigenvalue weighted by Crippen LogP contribution is 2.50. The van der Waals surface area contributed by atoms with Gasteiger partial charge in [0.1, 0.15) is 11.2 Å². The molecule has 0 N–H and O–H groups in total. The zero-order valence-corrected chi connectivity index (χ0v) is 30.4. The summed E-state index contributed by atoms with van der Waals surface area (Å²) < 4.78 is 13.3. The average molecular weight is 719 g/mol. The molecule has 2 aliphatic carbocycles. The van der Waals surface area contributed by atoms with Crippen molar-refractivity contribution in [2.75, 3.05) is 9.80 Å². The number of hydrogen-bond donors (Lipinski definition) is 0. The van der Waals surface area contributed by atoms with Gasteiger partial charge in [-0.3, -0.25) is 0 Å². The van der Waals surface area contributed by atoms with Gasteiger partial charge in [-0.25, -0.2) is 0 Å². The van der Waals surface area contributed by atoms with Gasteiger partial charge in [-0.05, 0) is 88.7 Å². The zero-order valence-electron chi connectivity index (χ0n) is 30.4. The van der Waals surface area contributed by atoms with E-state index in [9.17, 15) is 0 Å². The molecular weight excluding hydrogens is 685 g/mol. The number of benzene rings is 8. The van der Waals surface area contributed by atoms with E-state index in [0.29, 0.717) is 0 Å². The fraction of sp³-hybridized carbons (Fsp3) is 0.0385. The van der Waals surface area contributed by atoms with Crippen LogP contribution in [0.3, 0.4) is 0 Å². The van der Waals surface area contributed by atoms with Gasteiger partial charge in [0.25, 0.3) is 0 Å². The maximum absolute atomic E-state index is 6.67. The summed E-state index contributed by atoms with van der Waals surface area (Å²) >= 11 is 0. The lowest BCUT2D eigenvalue weighted by Gasteiger charge is -2.38. The quantitative estimate of drug-likeness (QED) is 0.171. The summed E-state index contributed by atoms with van der Waals surface area (Å²) in [6.07, 6.45) is 7.97. The summed E-state index contributed by atoms with van der Waals surface area (Å²) in [6.45, 7) is 0. The Labute approximate surface area is 323 Å². The Morgan fingerprint density at radius 3 is 1.79 bits per heavy atom. The van der Waals surface area contributed by atoms with Crippen LogP contribution in [0, 0.1) is 0 Å². The van der Waals surface area contributed by atoms with Crippen LogP contribution in [0.4, 0.5) is 28.4 Å². The molecule has 8 aromatic carbocycles. The van der Waals surface area contributed by atoms with Crippen LogP contribution < -0.4 is 9.80 Å². The standard InChI is InChI=1S/C52H34N2O2/c1-3-13-35(14-4-1)53(45-21-11-19-39-37-17-7-9-23-47(37)55-51(39)45)43-31-27-33-26-30-42-44(32-28-34-25-29-41(43)49(33)50(34)42)54(36-15-5-2-6-16-36)46-22-12-20-40-38-18-8-10-24-48(38)56-52(40)46/h1-25,27-32,44H,26H2. The van der Waals surface area contributed by atoms with Crippen LogP contribution in [-0.2, 0) is 6.42 Å². The van der Waals surface area contributed by atoms with Gasteiger partial charge in [-0.15, -0.1) is 0 Å². The van der Waals surface area contributed by atoms with Gasteiger partial charge in [0, 0.05) is 38.3 Å². The minimum absolute atomic E-state index is 0.0689. The predicted octanol–water partition coefficient (Wildman–Crippen LogP) is 14.3. The number of fused-ring (bicyclic) bond motifs is 6. The Bertz CT molecular complexity index is 3240. The molecule has 56 heavy (non-hydrogen) atoms. The van der Waals surface area contributed by atoms with Crippen molar-refractivity contribution in [1.82, 2.24) is 0 Å². The molecule has 12 rings (SSSR count). The molecule has 0 fully saturated rings. The summed E-state index contributed by atoms with van der Waals surface area (Å²) in [6, 6.07) is 60.3. The van der Waals surface area contributed by atoms with Crippen LogP contribution in [0.1, 0.15) is 16.7 Å². The molecular formula is C52H34N2O2. The highest BCUT2D eigenvalue weighted by Gasteiger charge is 2.33. The topological polar surface area (TPSA) is 32.8 Å². The smallest absolute Gasteiger partial charge is 0.159 e. The molecule has 2 aliphatic rings. The summed E-state index contributed by atoms with van der Waals surface area (Å²) in [5.41, 5.74) is 14.1. The van der Waals surface area contributed by atoms with Crippen LogP contribution in [0.2, 0.25) is 0 Å². The van der Waals surface area contributed by atoms with Gasteiger partial charge in [0.15, 0.2) is 11.2 Å². The van der Waals surface area contributed by atoms with E-state index in [2.05, 4.69) is 186 Å². The lowest BCUT2D eigenvalue weighted by atomic mass is 9.78. The van der Waals surface area contributed by atoms with Gasteiger partial charge in [0.05, 0.1) is 23.1 Å². The monoisotopic (exact) mass is 718 g/mol. The molecule has 0 saturated carbocycles. The van der Waals surface area contributed by atoms with Crippen LogP contribution in [-0.4, -0.2) is 6.04 Å². The molecule has 2 aromatic heterocycles. The van der Waals surface area contributed by atoms with E-state index in [4.69, 9.17) is 8.83 Å². The Hall–Kier alpha value is -7.30. The molecule has 0 aliphatic heterocycles. The summed E-state index contributed by atoms with van der Waals surface area (Å²) in [4.78, 5) is 4.84. The van der Waals surface area contributed by atoms with Crippen LogP contribution >= 0.6 is 0 Å². The van der Waals surface area contributed by atoms with Crippen molar-refractivity contribution < 1.29 is 8.83 Å². The van der Waals surface area contributed by atoms with E-state index in [-0.39, 0.29) is 6.04 Å². The number of para-hydroxylation sites is 6. The van der Waals surface area contributed by atoms with Crippen molar-refractivity contribution in [3.05, 3.63) is 199 Å². The molecule has 1 unspecified atom stereocenters. The Morgan fingerprint density at radius 2 is 1.07 bits per heavy atom. The molecule has 0 bridgehead atoms. The van der Waals surface area contributed by atoms with Crippen molar-refractivity contribution >= 4 is 94.7 Å². The molecule has 4 heteroatoms. The number of hydrogen-bond acceptors (Lipinski definition) is 4. The van der Waals surface area contributed by atoms with Crippen LogP contribution in [0.25, 0.3) is 66.3 Å². The molecule has 1 atom stereocenters. The molecule has 0 saturated heterocycles. The van der Waals surface area contributed by atoms with Crippen molar-refractivity contribution in [2.45, 2.75) is 12.5 Å². The van der Waals surface area contributed by atoms with Crippen molar-refractivity contribution in [2.24, 2.45) is 0 Å². The van der Waals surface area contributed by atoms with E-state index in [1.165, 1.54) is 33.0 Å². The average Bonchev–Trinajstić information content (AvgIpc) is 3.84. The van der Waals surface area contributed by atoms with Gasteiger partial charge in [0.2, 0.25) is 0 Å². The second-order valence-electron chi connectivity index (χ2n) is 14.7. The van der Waals surface area contributed by atoms with Crippen molar-refractivity contribution in [3.8, 4) is 0 Å². The molecule has 0 amide bonds. The first kappa shape index (κ1) is 31.1. The summed E-state index contributed by atoms with van der Waals surface area (Å²) in [5.74, 6) is 0. The first-order valence-electron chi connectivity index (χ1n) is 19.3. The molecule has 2 heterocycles. The van der Waals surface area contributed by atoms with E-state index >= 15 is 0 Å². The molecule has 10 aromatic rings. The Balaban J connectivity index is 1.07. The van der Waals surface area contributed by atoms with Gasteiger partial charge in [-0.1, -0.05) is 133 Å². The number of anilines is 5. The minimum atomic E-state index is -0.0689. The third-order valence-electron chi connectivity index (χ3n) is 11.7. The van der Waals surface area contributed by atoms with E-state index in [0.717, 1.165) is 78.7 Å². The number of allylic oxidation sites excluding steroid dienone is 1. The first-order valence-corrected chi connectivity index (χ1v) is 19.3. The maximum atomic E-state index is 6.67. The Kier molecular flexibility index (Phi) is 6.72. The van der Waals surface area contributed by atoms with Crippen molar-refractivity contribution in [3.63, 3.8) is 0 Å². The lowest BCUT2D eigenvalue weighted by molar-refractivity contribution is 0.667. The van der Waals surface area contributed by atoms with E-state index in [1.54, 1.807) is 0 Å². The van der Waals surface area contributed by atoms with Gasteiger partial charge >= 0.3 is 0 Å². The highest BCUT2D eigenvalue weighted by atomic mass is 16.3. The number of furan rings is 2. The lowest BCUT2D eigenvalue weighted by Crippen LogP contribution is -2.33. The zero-order chi connectivity index (χ0) is 36.7. The van der Waals surface area contributed by atoms with Crippen LogP contribution in [0.15, 0.2) is 191 Å². The second kappa shape index (κ2) is 12.1. The van der Waals surface area contributed by atoms with Gasteiger partial charge < -0.3 is 18.6 Å². The fourth-order valence-corrected chi connectivity index (χ4v) is 9.30. The highest BCUT2D eigenvalue weighted by molar-refractivity contribution is 6.15. The SMILES string of the molecule is C1=CC(N(c2ccccc2)c2cccc3c2oc2ccccc23)C2=CCc3ccc(N(c4ccccc4)c4cccc5c4oc4ccccc45)c4ccc1c2c34. The van der Waals surface area contributed by atoms with Crippen molar-refractivity contribution in [1.29, 1.82) is 0 Å². The maximum Gasteiger partial charge on any atom is 0.159 e. The largest absolute Gasteiger partial charge is 0.454 e. The first-order chi connectivity index (χ1) is 27.8. The number of nitrogens with zero attached hydrogens (tertiary/aromatic N) is 2. The summed E-state index contributed by atoms with van der Waals surface area (Å²) in [5, 5.41) is 6.99. The van der Waals surface area contributed by atoms with E-state index < -0.39 is 0 Å². The molecule has 264 valence electrons. The normalized spacial score (nSPS) is 14.6. The fourth-order valence-electron chi connectivity index (χ4n) is 9.30.